The Bertz CT molecular complexity index is 690. The van der Waals surface area contributed by atoms with Gasteiger partial charge in [0.1, 0.15) is 5.76 Å². The molecular formula is C15H17N3O3. The smallest absolute Gasteiger partial charge is 0.315 e. The lowest BCUT2D eigenvalue weighted by atomic mass is 10.2. The molecule has 2 amide bonds. The minimum absolute atomic E-state index is 0.104. The zero-order chi connectivity index (χ0) is 14.8. The Balaban J connectivity index is 1.49. The van der Waals surface area contributed by atoms with Gasteiger partial charge in [0.15, 0.2) is 0 Å². The summed E-state index contributed by atoms with van der Waals surface area (Å²) in [6.07, 6.45) is 4.16. The van der Waals surface area contributed by atoms with E-state index in [1.165, 1.54) is 0 Å². The number of aromatic nitrogens is 1. The van der Waals surface area contributed by atoms with Crippen LogP contribution < -0.4 is 16.2 Å². The van der Waals surface area contributed by atoms with E-state index in [0.29, 0.717) is 5.56 Å². The van der Waals surface area contributed by atoms with Crippen molar-refractivity contribution in [2.24, 2.45) is 0 Å². The Morgan fingerprint density at radius 3 is 3.14 bits per heavy atom. The van der Waals surface area contributed by atoms with Crippen LogP contribution in [0.15, 0.2) is 39.9 Å². The molecule has 0 unspecified atom stereocenters. The first kappa shape index (κ1) is 13.5. The summed E-state index contributed by atoms with van der Waals surface area (Å²) < 4.78 is 5.31. The van der Waals surface area contributed by atoms with Gasteiger partial charge >= 0.3 is 6.03 Å². The number of urea groups is 1. The highest BCUT2D eigenvalue weighted by molar-refractivity contribution is 5.74. The Morgan fingerprint density at radius 1 is 1.52 bits per heavy atom. The SMILES string of the molecule is Cc1c[nH]c(=O)c(CNC(=O)N[C@@H]2C[C@H]2c2ccco2)c1. The van der Waals surface area contributed by atoms with Crippen molar-refractivity contribution in [2.75, 3.05) is 0 Å². The average Bonchev–Trinajstić information content (AvgIpc) is 3.00. The van der Waals surface area contributed by atoms with Crippen LogP contribution in [0.5, 0.6) is 0 Å². The van der Waals surface area contributed by atoms with Gasteiger partial charge in [0.05, 0.1) is 6.26 Å². The maximum absolute atomic E-state index is 11.8. The molecule has 1 saturated carbocycles. The molecule has 3 N–H and O–H groups in total. The number of H-pyrrole nitrogens is 1. The Morgan fingerprint density at radius 2 is 2.38 bits per heavy atom. The summed E-state index contributed by atoms with van der Waals surface area (Å²) in [6, 6.07) is 5.36. The van der Waals surface area contributed by atoms with E-state index in [0.717, 1.165) is 17.7 Å². The van der Waals surface area contributed by atoms with Gasteiger partial charge in [0.2, 0.25) is 0 Å². The maximum Gasteiger partial charge on any atom is 0.315 e. The van der Waals surface area contributed by atoms with Crippen molar-refractivity contribution in [3.63, 3.8) is 0 Å². The molecular weight excluding hydrogens is 270 g/mol. The zero-order valence-corrected chi connectivity index (χ0v) is 11.7. The first-order valence-corrected chi connectivity index (χ1v) is 6.89. The van der Waals surface area contributed by atoms with E-state index in [-0.39, 0.29) is 30.1 Å². The molecule has 0 saturated heterocycles. The number of aromatic amines is 1. The zero-order valence-electron chi connectivity index (χ0n) is 11.7. The standard InChI is InChI=1S/C15H17N3O3/c1-9-5-10(14(19)16-7-9)8-17-15(20)18-12-6-11(12)13-3-2-4-21-13/h2-5,7,11-12H,6,8H2,1H3,(H,16,19)(H2,17,18,20)/t11-,12-/m1/s1. The van der Waals surface area contributed by atoms with Gasteiger partial charge in [-0.25, -0.2) is 4.79 Å². The molecule has 0 radical (unpaired) electrons. The van der Waals surface area contributed by atoms with E-state index in [2.05, 4.69) is 15.6 Å². The van der Waals surface area contributed by atoms with Gasteiger partial charge < -0.3 is 20.0 Å². The van der Waals surface area contributed by atoms with Gasteiger partial charge in [-0.2, -0.15) is 0 Å². The molecule has 2 heterocycles. The number of rotatable bonds is 4. The Hall–Kier alpha value is -2.50. The van der Waals surface area contributed by atoms with E-state index in [1.807, 2.05) is 19.1 Å². The molecule has 2 aromatic rings. The number of amides is 2. The number of furan rings is 1. The number of hydrogen-bond acceptors (Lipinski definition) is 3. The van der Waals surface area contributed by atoms with Gasteiger partial charge in [-0.15, -0.1) is 0 Å². The molecule has 6 heteroatoms. The first-order valence-electron chi connectivity index (χ1n) is 6.89. The van der Waals surface area contributed by atoms with Crippen molar-refractivity contribution < 1.29 is 9.21 Å². The van der Waals surface area contributed by atoms with Crippen molar-refractivity contribution in [2.45, 2.75) is 31.8 Å². The number of carbonyl (C=O) groups is 1. The summed E-state index contributed by atoms with van der Waals surface area (Å²) in [5.41, 5.74) is 1.32. The molecule has 3 rings (SSSR count). The Kier molecular flexibility index (Phi) is 3.51. The molecule has 1 aliphatic carbocycles. The number of pyridine rings is 1. The van der Waals surface area contributed by atoms with Crippen molar-refractivity contribution >= 4 is 6.03 Å². The molecule has 1 fully saturated rings. The summed E-state index contributed by atoms with van der Waals surface area (Å²) in [5.74, 6) is 1.16. The van der Waals surface area contributed by atoms with Crippen LogP contribution in [-0.4, -0.2) is 17.1 Å². The van der Waals surface area contributed by atoms with Crippen LogP contribution in [0.1, 0.15) is 29.2 Å². The lowest BCUT2D eigenvalue weighted by molar-refractivity contribution is 0.240. The van der Waals surface area contributed by atoms with Crippen molar-refractivity contribution in [1.82, 2.24) is 15.6 Å². The third-order valence-corrected chi connectivity index (χ3v) is 3.58. The lowest BCUT2D eigenvalue weighted by Crippen LogP contribution is -2.38. The third kappa shape index (κ3) is 3.16. The lowest BCUT2D eigenvalue weighted by Gasteiger charge is -2.07. The predicted octanol–water partition coefficient (Wildman–Crippen LogP) is 1.63. The highest BCUT2D eigenvalue weighted by Gasteiger charge is 2.41. The van der Waals surface area contributed by atoms with Crippen molar-refractivity contribution in [1.29, 1.82) is 0 Å². The second-order valence-corrected chi connectivity index (χ2v) is 5.32. The molecule has 1 aliphatic rings. The second kappa shape index (κ2) is 5.47. The molecule has 0 spiro atoms. The van der Waals surface area contributed by atoms with E-state index < -0.39 is 0 Å². The number of nitrogens with one attached hydrogen (secondary N) is 3. The molecule has 110 valence electrons. The normalized spacial score (nSPS) is 20.0. The maximum atomic E-state index is 11.8. The van der Waals surface area contributed by atoms with Crippen LogP contribution >= 0.6 is 0 Å². The van der Waals surface area contributed by atoms with Gasteiger partial charge in [-0.3, -0.25) is 4.79 Å². The first-order chi connectivity index (χ1) is 10.1. The number of aryl methyl sites for hydroxylation is 1. The second-order valence-electron chi connectivity index (χ2n) is 5.32. The summed E-state index contributed by atoms with van der Waals surface area (Å²) in [4.78, 5) is 26.0. The fraction of sp³-hybridized carbons (Fsp3) is 0.333. The molecule has 0 aliphatic heterocycles. The summed E-state index contributed by atoms with van der Waals surface area (Å²) in [5, 5.41) is 5.58. The fourth-order valence-corrected chi connectivity index (χ4v) is 2.35. The van der Waals surface area contributed by atoms with E-state index in [4.69, 9.17) is 4.42 Å². The van der Waals surface area contributed by atoms with Crippen molar-refractivity contribution in [3.05, 3.63) is 57.9 Å². The van der Waals surface area contributed by atoms with Gasteiger partial charge in [0, 0.05) is 30.3 Å². The molecule has 2 aromatic heterocycles. The highest BCUT2D eigenvalue weighted by atomic mass is 16.3. The molecule has 21 heavy (non-hydrogen) atoms. The van der Waals surface area contributed by atoms with Gasteiger partial charge in [0.25, 0.3) is 5.56 Å². The van der Waals surface area contributed by atoms with E-state index >= 15 is 0 Å². The molecule has 2 atom stereocenters. The van der Waals surface area contributed by atoms with E-state index in [1.54, 1.807) is 18.5 Å². The topological polar surface area (TPSA) is 87.1 Å². The fourth-order valence-electron chi connectivity index (χ4n) is 2.35. The molecule has 0 bridgehead atoms. The highest BCUT2D eigenvalue weighted by Crippen LogP contribution is 2.40. The van der Waals surface area contributed by atoms with E-state index in [9.17, 15) is 9.59 Å². The van der Waals surface area contributed by atoms with Crippen LogP contribution in [0, 0.1) is 6.92 Å². The number of hydrogen-bond donors (Lipinski definition) is 3. The molecule has 6 nitrogen and oxygen atoms in total. The summed E-state index contributed by atoms with van der Waals surface area (Å²) in [7, 11) is 0. The Labute approximate surface area is 121 Å². The van der Waals surface area contributed by atoms with Gasteiger partial charge in [-0.05, 0) is 37.1 Å². The summed E-state index contributed by atoms with van der Waals surface area (Å²) >= 11 is 0. The van der Waals surface area contributed by atoms with Gasteiger partial charge in [-0.1, -0.05) is 0 Å². The monoisotopic (exact) mass is 287 g/mol. The number of carbonyl (C=O) groups excluding carboxylic acids is 1. The third-order valence-electron chi connectivity index (χ3n) is 3.58. The van der Waals surface area contributed by atoms with Crippen LogP contribution in [-0.2, 0) is 6.54 Å². The summed E-state index contributed by atoms with van der Waals surface area (Å²) in [6.45, 7) is 2.10. The minimum atomic E-state index is -0.269. The van der Waals surface area contributed by atoms with Crippen LogP contribution in [0.3, 0.4) is 0 Å². The quantitative estimate of drug-likeness (QED) is 0.798. The van der Waals surface area contributed by atoms with Crippen LogP contribution in [0.25, 0.3) is 0 Å². The average molecular weight is 287 g/mol. The minimum Gasteiger partial charge on any atom is -0.469 e. The molecule has 0 aromatic carbocycles. The van der Waals surface area contributed by atoms with Crippen LogP contribution in [0.4, 0.5) is 4.79 Å². The largest absolute Gasteiger partial charge is 0.469 e. The van der Waals surface area contributed by atoms with Crippen LogP contribution in [0.2, 0.25) is 0 Å². The predicted molar refractivity (Wildman–Crippen MR) is 77.0 cm³/mol. The van der Waals surface area contributed by atoms with Crippen molar-refractivity contribution in [3.8, 4) is 0 Å².